The van der Waals surface area contributed by atoms with Crippen LogP contribution in [0.3, 0.4) is 0 Å². The van der Waals surface area contributed by atoms with Crippen molar-refractivity contribution in [2.24, 2.45) is 5.41 Å². The van der Waals surface area contributed by atoms with Crippen LogP contribution in [0.15, 0.2) is 0 Å². The van der Waals surface area contributed by atoms with Crippen molar-refractivity contribution < 1.29 is 23.4 Å². The molecule has 5 fully saturated rings. The SMILES string of the molecule is C[N+]1=CN(P2(=O)[C@]3(C)C[C@@]4(C)O[C@](C)(C[C@]2(C)O4)O3)[C@H]2CC[C@]1(C)C2(C)C. The van der Waals surface area contributed by atoms with Gasteiger partial charge in [0.2, 0.25) is 6.34 Å². The van der Waals surface area contributed by atoms with Gasteiger partial charge in [-0.3, -0.25) is 9.14 Å². The third-order valence-corrected chi connectivity index (χ3v) is 12.8. The van der Waals surface area contributed by atoms with Crippen LogP contribution < -0.4 is 0 Å². The molecule has 6 aliphatic rings. The summed E-state index contributed by atoms with van der Waals surface area (Å²) in [6, 6.07) is 0.212. The highest BCUT2D eigenvalue weighted by Gasteiger charge is 2.82. The Labute approximate surface area is 162 Å². The monoisotopic (exact) mass is 397 g/mol. The average Bonchev–Trinajstić information content (AvgIpc) is 2.60. The van der Waals surface area contributed by atoms with Crippen LogP contribution in [0.2, 0.25) is 0 Å². The second-order valence-corrected chi connectivity index (χ2v) is 14.5. The first-order chi connectivity index (χ1) is 12.1. The van der Waals surface area contributed by atoms with Crippen LogP contribution in [0.25, 0.3) is 0 Å². The molecule has 5 heterocycles. The standard InChI is InChI=1S/C20H34N2O4P/c1-15(2)14-9-10-16(15,3)21(8)13-22(14)27(23)19(6)11-17(4)24-18(5,26-19)12-20(27,7)25-17/h13-14H,9-12H2,1-8H3/q+1/t14-,16+,17-,18-,19+,20+/m0/s1. The van der Waals surface area contributed by atoms with Crippen molar-refractivity contribution in [2.75, 3.05) is 7.05 Å². The Kier molecular flexibility index (Phi) is 3.10. The van der Waals surface area contributed by atoms with Crippen molar-refractivity contribution in [3.05, 3.63) is 0 Å². The predicted octanol–water partition coefficient (Wildman–Crippen LogP) is 3.93. The summed E-state index contributed by atoms with van der Waals surface area (Å²) in [5, 5.41) is -1.58. The van der Waals surface area contributed by atoms with Gasteiger partial charge in [0.1, 0.15) is 11.6 Å². The molecular formula is C20H34N2O4P+. The van der Waals surface area contributed by atoms with E-state index in [1.165, 1.54) is 0 Å². The molecule has 152 valence electrons. The minimum atomic E-state index is -3.10. The molecule has 4 saturated heterocycles. The molecule has 1 saturated carbocycles. The van der Waals surface area contributed by atoms with E-state index in [1.807, 2.05) is 27.7 Å². The van der Waals surface area contributed by atoms with Gasteiger partial charge in [0, 0.05) is 18.3 Å². The molecule has 5 aliphatic heterocycles. The first-order valence-electron chi connectivity index (χ1n) is 10.2. The number of fused-ring (bicyclic) bond motifs is 2. The summed E-state index contributed by atoms with van der Waals surface area (Å²) in [4.78, 5) is 0. The zero-order valence-corrected chi connectivity index (χ0v) is 18.9. The zero-order valence-electron chi connectivity index (χ0n) is 18.0. The van der Waals surface area contributed by atoms with Gasteiger partial charge in [-0.1, -0.05) is 13.8 Å². The van der Waals surface area contributed by atoms with Gasteiger partial charge in [0.05, 0.1) is 7.05 Å². The van der Waals surface area contributed by atoms with Crippen LogP contribution in [-0.2, 0) is 18.8 Å². The molecule has 27 heavy (non-hydrogen) atoms. The normalized spacial score (nSPS) is 60.7. The molecular weight excluding hydrogens is 363 g/mol. The molecule has 0 unspecified atom stereocenters. The van der Waals surface area contributed by atoms with Gasteiger partial charge in [-0.25, -0.2) is 4.67 Å². The van der Waals surface area contributed by atoms with Crippen LogP contribution in [0.4, 0.5) is 0 Å². The van der Waals surface area contributed by atoms with E-state index >= 15 is 4.57 Å². The van der Waals surface area contributed by atoms with E-state index < -0.39 is 29.6 Å². The lowest BCUT2D eigenvalue weighted by Gasteiger charge is -2.69. The van der Waals surface area contributed by atoms with Gasteiger partial charge in [-0.05, 0) is 47.5 Å². The largest absolute Gasteiger partial charge is 0.332 e. The van der Waals surface area contributed by atoms with E-state index in [0.717, 1.165) is 12.8 Å². The lowest BCUT2D eigenvalue weighted by molar-refractivity contribution is -0.601. The first kappa shape index (κ1) is 18.6. The fourth-order valence-corrected chi connectivity index (χ4v) is 12.1. The summed E-state index contributed by atoms with van der Waals surface area (Å²) in [5.74, 6) is -1.49. The Hall–Kier alpha value is -0.420. The number of rotatable bonds is 1. The third kappa shape index (κ3) is 1.81. The number of ether oxygens (including phenoxy) is 3. The van der Waals surface area contributed by atoms with Crippen LogP contribution in [0.5, 0.6) is 0 Å². The Balaban J connectivity index is 1.71. The average molecular weight is 397 g/mol. The fraction of sp³-hybridized carbons (Fsp3) is 0.950. The maximum atomic E-state index is 15.1. The predicted molar refractivity (Wildman–Crippen MR) is 103 cm³/mol. The van der Waals surface area contributed by atoms with E-state index in [9.17, 15) is 0 Å². The van der Waals surface area contributed by atoms with E-state index in [1.54, 1.807) is 0 Å². The Morgan fingerprint density at radius 3 is 2.00 bits per heavy atom. The van der Waals surface area contributed by atoms with Crippen LogP contribution in [-0.4, -0.2) is 56.5 Å². The second kappa shape index (κ2) is 4.50. The summed E-state index contributed by atoms with van der Waals surface area (Å²) in [6.07, 6.45) is 5.22. The first-order valence-corrected chi connectivity index (χ1v) is 11.9. The molecule has 1 aliphatic carbocycles. The Morgan fingerprint density at radius 1 is 0.963 bits per heavy atom. The Morgan fingerprint density at radius 2 is 1.48 bits per heavy atom. The van der Waals surface area contributed by atoms with Gasteiger partial charge in [-0.15, -0.1) is 0 Å². The van der Waals surface area contributed by atoms with Gasteiger partial charge >= 0.3 is 7.29 Å². The van der Waals surface area contributed by atoms with Crippen molar-refractivity contribution in [2.45, 2.75) is 108 Å². The molecule has 0 amide bonds. The highest BCUT2D eigenvalue weighted by Crippen LogP contribution is 2.83. The smallest absolute Gasteiger partial charge is 0.308 e. The molecule has 6 bridgehead atoms. The van der Waals surface area contributed by atoms with E-state index in [4.69, 9.17) is 14.2 Å². The van der Waals surface area contributed by atoms with Crippen LogP contribution >= 0.6 is 7.29 Å². The van der Waals surface area contributed by atoms with Crippen molar-refractivity contribution in [1.82, 2.24) is 4.67 Å². The van der Waals surface area contributed by atoms with Crippen LogP contribution in [0.1, 0.15) is 74.1 Å². The highest BCUT2D eigenvalue weighted by atomic mass is 31.2. The lowest BCUT2D eigenvalue weighted by Crippen LogP contribution is -2.75. The fourth-order valence-electron chi connectivity index (χ4n) is 7.37. The van der Waals surface area contributed by atoms with Gasteiger partial charge < -0.3 is 14.2 Å². The molecule has 6 nitrogen and oxygen atoms in total. The van der Waals surface area contributed by atoms with Gasteiger partial charge in [-0.2, -0.15) is 0 Å². The molecule has 6 rings (SSSR count). The minimum Gasteiger partial charge on any atom is -0.332 e. The molecule has 0 N–H and O–H groups in total. The van der Waals surface area contributed by atoms with Gasteiger partial charge in [0.15, 0.2) is 22.3 Å². The highest BCUT2D eigenvalue weighted by molar-refractivity contribution is 7.65. The van der Waals surface area contributed by atoms with Crippen LogP contribution in [0, 0.1) is 5.41 Å². The van der Waals surface area contributed by atoms with E-state index in [0.29, 0.717) is 12.8 Å². The Bertz CT molecular complexity index is 775. The quantitative estimate of drug-likeness (QED) is 0.496. The number of nitrogens with zero attached hydrogens (tertiary/aromatic N) is 2. The summed E-state index contributed by atoms with van der Waals surface area (Å²) in [6.45, 7) is 15.0. The van der Waals surface area contributed by atoms with Crippen molar-refractivity contribution in [3.8, 4) is 0 Å². The molecule has 0 radical (unpaired) electrons. The maximum Gasteiger partial charge on any atom is 0.308 e. The number of hydrogen-bond donors (Lipinski definition) is 0. The molecule has 0 spiro atoms. The topological polar surface area (TPSA) is 51.0 Å². The molecule has 0 aromatic rings. The van der Waals surface area contributed by atoms with Gasteiger partial charge in [0.25, 0.3) is 0 Å². The van der Waals surface area contributed by atoms with Crippen molar-refractivity contribution >= 4 is 13.6 Å². The summed E-state index contributed by atoms with van der Waals surface area (Å²) < 4.78 is 38.7. The third-order valence-electron chi connectivity index (χ3n) is 8.72. The molecule has 0 aromatic heterocycles. The second-order valence-electron chi connectivity index (χ2n) is 11.0. The van der Waals surface area contributed by atoms with Crippen molar-refractivity contribution in [1.29, 1.82) is 0 Å². The maximum absolute atomic E-state index is 15.1. The zero-order chi connectivity index (χ0) is 19.9. The minimum absolute atomic E-state index is 0.0135. The van der Waals surface area contributed by atoms with E-state index in [-0.39, 0.29) is 17.0 Å². The van der Waals surface area contributed by atoms with E-state index in [2.05, 4.69) is 43.4 Å². The summed E-state index contributed by atoms with van der Waals surface area (Å²) in [5.41, 5.74) is 0.0879. The molecule has 6 atom stereocenters. The molecule has 0 aromatic carbocycles. The summed E-state index contributed by atoms with van der Waals surface area (Å²) >= 11 is 0. The lowest BCUT2D eigenvalue weighted by atomic mass is 9.73. The van der Waals surface area contributed by atoms with Crippen molar-refractivity contribution in [3.63, 3.8) is 0 Å². The molecule has 7 heteroatoms. The summed E-state index contributed by atoms with van der Waals surface area (Å²) in [7, 11) is -0.978. The number of hydrogen-bond acceptors (Lipinski definition) is 4.